The van der Waals surface area contributed by atoms with Gasteiger partial charge in [0.15, 0.2) is 0 Å². The highest BCUT2D eigenvalue weighted by molar-refractivity contribution is 5.95. The van der Waals surface area contributed by atoms with Crippen molar-refractivity contribution >= 4 is 11.9 Å². The van der Waals surface area contributed by atoms with E-state index in [0.717, 1.165) is 50.0 Å². The molecule has 0 aromatic heterocycles. The number of amides is 3. The first-order chi connectivity index (χ1) is 12.5. The van der Waals surface area contributed by atoms with Crippen LogP contribution in [-0.2, 0) is 4.79 Å². The maximum absolute atomic E-state index is 12.0. The maximum atomic E-state index is 12.0. The molecule has 1 aliphatic carbocycles. The Hall–Kier alpha value is -2.08. The molecule has 0 heterocycles. The lowest BCUT2D eigenvalue weighted by atomic mass is 9.96. The van der Waals surface area contributed by atoms with E-state index < -0.39 is 0 Å². The summed E-state index contributed by atoms with van der Waals surface area (Å²) in [5, 5.41) is 5.31. The zero-order valence-corrected chi connectivity index (χ0v) is 15.9. The molecule has 1 aromatic rings. The number of nitrogens with one attached hydrogen (secondary N) is 2. The molecular formula is C20H31N3O3. The number of para-hydroxylation sites is 1. The number of carbonyl (C=O) groups is 2. The largest absolute Gasteiger partial charge is 0.493 e. The smallest absolute Gasteiger partial charge is 0.321 e. The standard InChI is InChI=1S/C20H31N3O3/c1-16-9-6-7-12-18(16)26-14-8-13-23(2)15-19(24)22-20(25)21-17-10-4-3-5-11-17/h6-7,9,12,17H,3-5,8,10-11,13-15H2,1-2H3,(H2,21,22,24,25). The highest BCUT2D eigenvalue weighted by atomic mass is 16.5. The molecule has 0 radical (unpaired) electrons. The van der Waals surface area contributed by atoms with Crippen LogP contribution in [0.3, 0.4) is 0 Å². The van der Waals surface area contributed by atoms with Crippen LogP contribution in [0.1, 0.15) is 44.1 Å². The molecule has 2 rings (SSSR count). The van der Waals surface area contributed by atoms with Gasteiger partial charge in [0.2, 0.25) is 5.91 Å². The molecule has 0 aliphatic heterocycles. The van der Waals surface area contributed by atoms with Gasteiger partial charge in [0.25, 0.3) is 0 Å². The van der Waals surface area contributed by atoms with Crippen molar-refractivity contribution in [3.05, 3.63) is 29.8 Å². The van der Waals surface area contributed by atoms with Crippen molar-refractivity contribution < 1.29 is 14.3 Å². The minimum atomic E-state index is -0.377. The van der Waals surface area contributed by atoms with Gasteiger partial charge in [-0.3, -0.25) is 15.0 Å². The lowest BCUT2D eigenvalue weighted by molar-refractivity contribution is -0.120. The number of benzene rings is 1. The fourth-order valence-electron chi connectivity index (χ4n) is 3.19. The Kier molecular flexibility index (Phi) is 8.41. The van der Waals surface area contributed by atoms with Gasteiger partial charge in [-0.05, 0) is 44.9 Å². The monoisotopic (exact) mass is 361 g/mol. The van der Waals surface area contributed by atoms with Gasteiger partial charge in [-0.1, -0.05) is 37.5 Å². The number of hydrogen-bond donors (Lipinski definition) is 2. The first-order valence-electron chi connectivity index (χ1n) is 9.52. The number of ether oxygens (including phenoxy) is 1. The van der Waals surface area contributed by atoms with E-state index in [-0.39, 0.29) is 24.5 Å². The van der Waals surface area contributed by atoms with E-state index in [9.17, 15) is 9.59 Å². The van der Waals surface area contributed by atoms with Crippen molar-refractivity contribution in [1.29, 1.82) is 0 Å². The minimum absolute atomic E-state index is 0.197. The number of likely N-dealkylation sites (N-methyl/N-ethyl adjacent to an activating group) is 1. The molecule has 1 saturated carbocycles. The summed E-state index contributed by atoms with van der Waals surface area (Å²) in [5.41, 5.74) is 1.12. The molecule has 144 valence electrons. The molecule has 0 unspecified atom stereocenters. The number of urea groups is 1. The van der Waals surface area contributed by atoms with Crippen LogP contribution in [0.15, 0.2) is 24.3 Å². The van der Waals surface area contributed by atoms with Crippen molar-refractivity contribution in [1.82, 2.24) is 15.5 Å². The molecule has 0 saturated heterocycles. The van der Waals surface area contributed by atoms with Crippen LogP contribution >= 0.6 is 0 Å². The van der Waals surface area contributed by atoms with E-state index in [4.69, 9.17) is 4.74 Å². The molecule has 1 fully saturated rings. The van der Waals surface area contributed by atoms with E-state index >= 15 is 0 Å². The van der Waals surface area contributed by atoms with Gasteiger partial charge >= 0.3 is 6.03 Å². The van der Waals surface area contributed by atoms with Crippen molar-refractivity contribution in [2.24, 2.45) is 0 Å². The Morgan fingerprint density at radius 2 is 1.92 bits per heavy atom. The molecule has 0 bridgehead atoms. The quantitative estimate of drug-likeness (QED) is 0.699. The van der Waals surface area contributed by atoms with Gasteiger partial charge < -0.3 is 10.1 Å². The molecule has 3 amide bonds. The summed E-state index contributed by atoms with van der Waals surface area (Å²) in [7, 11) is 1.87. The number of aryl methyl sites for hydroxylation is 1. The zero-order valence-electron chi connectivity index (χ0n) is 15.9. The van der Waals surface area contributed by atoms with Crippen LogP contribution in [-0.4, -0.2) is 49.6 Å². The molecule has 1 aromatic carbocycles. The second kappa shape index (κ2) is 10.8. The molecule has 6 heteroatoms. The second-order valence-electron chi connectivity index (χ2n) is 7.06. The Labute approximate surface area is 156 Å². The number of imide groups is 1. The predicted octanol–water partition coefficient (Wildman–Crippen LogP) is 2.85. The van der Waals surface area contributed by atoms with Gasteiger partial charge in [0.1, 0.15) is 5.75 Å². The van der Waals surface area contributed by atoms with E-state index in [1.807, 2.05) is 43.1 Å². The van der Waals surface area contributed by atoms with Gasteiger partial charge in [-0.25, -0.2) is 4.79 Å². The van der Waals surface area contributed by atoms with E-state index in [1.54, 1.807) is 0 Å². The third kappa shape index (κ3) is 7.44. The topological polar surface area (TPSA) is 70.7 Å². The van der Waals surface area contributed by atoms with Crippen molar-refractivity contribution in [2.45, 2.75) is 51.5 Å². The second-order valence-corrected chi connectivity index (χ2v) is 7.06. The first-order valence-corrected chi connectivity index (χ1v) is 9.52. The number of carbonyl (C=O) groups excluding carboxylic acids is 2. The molecule has 6 nitrogen and oxygen atoms in total. The predicted molar refractivity (Wildman–Crippen MR) is 102 cm³/mol. The molecular weight excluding hydrogens is 330 g/mol. The van der Waals surface area contributed by atoms with Crippen molar-refractivity contribution in [3.63, 3.8) is 0 Å². The number of rotatable bonds is 8. The first kappa shape index (κ1) is 20.2. The average Bonchev–Trinajstić information content (AvgIpc) is 2.60. The van der Waals surface area contributed by atoms with Crippen LogP contribution in [0, 0.1) is 6.92 Å². The van der Waals surface area contributed by atoms with Crippen LogP contribution in [0.5, 0.6) is 5.75 Å². The van der Waals surface area contributed by atoms with Gasteiger partial charge in [-0.15, -0.1) is 0 Å². The van der Waals surface area contributed by atoms with Crippen LogP contribution in [0.2, 0.25) is 0 Å². The number of nitrogens with zero attached hydrogens (tertiary/aromatic N) is 1. The summed E-state index contributed by atoms with van der Waals surface area (Å²) in [6.07, 6.45) is 6.34. The Bertz CT molecular complexity index is 585. The Morgan fingerprint density at radius 1 is 1.19 bits per heavy atom. The third-order valence-electron chi connectivity index (χ3n) is 4.64. The van der Waals surface area contributed by atoms with Crippen molar-refractivity contribution in [3.8, 4) is 5.75 Å². The van der Waals surface area contributed by atoms with Gasteiger partial charge in [0, 0.05) is 12.6 Å². The van der Waals surface area contributed by atoms with E-state index in [0.29, 0.717) is 6.61 Å². The average molecular weight is 361 g/mol. The lowest BCUT2D eigenvalue weighted by Crippen LogP contribution is -2.47. The fraction of sp³-hybridized carbons (Fsp3) is 0.600. The highest BCUT2D eigenvalue weighted by Gasteiger charge is 2.17. The maximum Gasteiger partial charge on any atom is 0.321 e. The minimum Gasteiger partial charge on any atom is -0.493 e. The van der Waals surface area contributed by atoms with Crippen LogP contribution in [0.25, 0.3) is 0 Å². The SMILES string of the molecule is Cc1ccccc1OCCCN(C)CC(=O)NC(=O)NC1CCCCC1. The Balaban J connectivity index is 1.57. The molecule has 0 atom stereocenters. The van der Waals surface area contributed by atoms with E-state index in [1.165, 1.54) is 6.42 Å². The third-order valence-corrected chi connectivity index (χ3v) is 4.64. The van der Waals surface area contributed by atoms with Crippen LogP contribution < -0.4 is 15.4 Å². The molecule has 26 heavy (non-hydrogen) atoms. The molecule has 2 N–H and O–H groups in total. The normalized spacial score (nSPS) is 14.9. The number of hydrogen-bond acceptors (Lipinski definition) is 4. The Morgan fingerprint density at radius 3 is 2.65 bits per heavy atom. The summed E-state index contributed by atoms with van der Waals surface area (Å²) >= 11 is 0. The van der Waals surface area contributed by atoms with Gasteiger partial charge in [-0.2, -0.15) is 0 Å². The summed E-state index contributed by atoms with van der Waals surface area (Å²) in [6.45, 7) is 3.54. The van der Waals surface area contributed by atoms with Crippen molar-refractivity contribution in [2.75, 3.05) is 26.7 Å². The lowest BCUT2D eigenvalue weighted by Gasteiger charge is -2.23. The van der Waals surface area contributed by atoms with Gasteiger partial charge in [0.05, 0.1) is 13.2 Å². The summed E-state index contributed by atoms with van der Waals surface area (Å²) < 4.78 is 5.75. The van der Waals surface area contributed by atoms with Crippen LogP contribution in [0.4, 0.5) is 4.79 Å². The summed E-state index contributed by atoms with van der Waals surface area (Å²) in [5.74, 6) is 0.618. The molecule has 0 spiro atoms. The highest BCUT2D eigenvalue weighted by Crippen LogP contribution is 2.17. The summed E-state index contributed by atoms with van der Waals surface area (Å²) in [4.78, 5) is 25.7. The summed E-state index contributed by atoms with van der Waals surface area (Å²) in [6, 6.07) is 7.74. The zero-order chi connectivity index (χ0) is 18.8. The molecule has 1 aliphatic rings. The van der Waals surface area contributed by atoms with E-state index in [2.05, 4.69) is 10.6 Å². The fourth-order valence-corrected chi connectivity index (χ4v) is 3.19.